The predicted molar refractivity (Wildman–Crippen MR) is 60.8 cm³/mol. The first-order valence-electron chi connectivity index (χ1n) is 5.61. The number of benzene rings is 2. The molecule has 0 aromatic heterocycles. The van der Waals surface area contributed by atoms with Crippen molar-refractivity contribution in [3.8, 4) is 0 Å². The largest absolute Gasteiger partial charge is 0.322 e. The van der Waals surface area contributed by atoms with E-state index in [-0.39, 0.29) is 17.6 Å². The zero-order valence-corrected chi connectivity index (χ0v) is 8.03. The Balaban J connectivity index is 2.27. The van der Waals surface area contributed by atoms with Crippen molar-refractivity contribution in [1.29, 1.82) is 0 Å². The Kier molecular flexibility index (Phi) is 2.13. The van der Waals surface area contributed by atoms with Crippen molar-refractivity contribution in [2.75, 3.05) is 5.32 Å². The first kappa shape index (κ1) is 7.23. The van der Waals surface area contributed by atoms with Crippen LogP contribution in [0, 0.1) is 0 Å². The molecule has 2 rings (SSSR count). The molecule has 15 heavy (non-hydrogen) atoms. The van der Waals surface area contributed by atoms with Crippen LogP contribution >= 0.6 is 0 Å². The maximum Gasteiger partial charge on any atom is 0.255 e. The molecule has 0 fully saturated rings. The molecular formula is C13H11NO. The van der Waals surface area contributed by atoms with Gasteiger partial charge < -0.3 is 5.32 Å². The molecule has 0 saturated carbocycles. The second-order valence-corrected chi connectivity index (χ2v) is 3.01. The van der Waals surface area contributed by atoms with Crippen molar-refractivity contribution in [3.05, 3.63) is 66.2 Å². The van der Waals surface area contributed by atoms with Crippen molar-refractivity contribution in [2.45, 2.75) is 0 Å². The van der Waals surface area contributed by atoms with Gasteiger partial charge in [-0.3, -0.25) is 4.79 Å². The number of rotatable bonds is 2. The summed E-state index contributed by atoms with van der Waals surface area (Å²) >= 11 is 0. The van der Waals surface area contributed by atoms with Crippen molar-refractivity contribution in [2.24, 2.45) is 0 Å². The molecule has 0 saturated heterocycles. The zero-order valence-electron chi connectivity index (χ0n) is 10.0. The van der Waals surface area contributed by atoms with E-state index in [4.69, 9.17) is 2.74 Å². The highest BCUT2D eigenvalue weighted by Crippen LogP contribution is 2.07. The Hall–Kier alpha value is -2.09. The van der Waals surface area contributed by atoms with Crippen LogP contribution in [0.3, 0.4) is 0 Å². The molecule has 74 valence electrons. The summed E-state index contributed by atoms with van der Waals surface area (Å²) in [4.78, 5) is 11.9. The summed E-state index contributed by atoms with van der Waals surface area (Å²) in [5.41, 5.74) is 0.747. The van der Waals surface area contributed by atoms with E-state index < -0.39 is 5.91 Å². The topological polar surface area (TPSA) is 29.1 Å². The number of carbonyl (C=O) groups excluding carboxylic acids is 1. The number of para-hydroxylation sites is 1. The number of anilines is 1. The smallest absolute Gasteiger partial charge is 0.255 e. The van der Waals surface area contributed by atoms with Gasteiger partial charge in [0.05, 0.1) is 2.74 Å². The monoisotopic (exact) mass is 199 g/mol. The van der Waals surface area contributed by atoms with Gasteiger partial charge in [-0.1, -0.05) is 36.4 Å². The molecular weight excluding hydrogens is 186 g/mol. The van der Waals surface area contributed by atoms with Crippen molar-refractivity contribution in [3.63, 3.8) is 0 Å². The lowest BCUT2D eigenvalue weighted by molar-refractivity contribution is 0.102. The van der Waals surface area contributed by atoms with Crippen LogP contribution in [-0.4, -0.2) is 5.91 Å². The molecule has 0 unspecified atom stereocenters. The lowest BCUT2D eigenvalue weighted by atomic mass is 10.2. The number of nitrogens with one attached hydrogen (secondary N) is 1. The molecule has 0 bridgehead atoms. The Morgan fingerprint density at radius 2 is 1.60 bits per heavy atom. The van der Waals surface area contributed by atoms with Gasteiger partial charge in [0.2, 0.25) is 0 Å². The van der Waals surface area contributed by atoms with Crippen LogP contribution in [0.25, 0.3) is 0 Å². The van der Waals surface area contributed by atoms with Crippen LogP contribution in [0.1, 0.15) is 13.1 Å². The first-order chi connectivity index (χ1) is 8.18. The third kappa shape index (κ3) is 2.44. The lowest BCUT2D eigenvalue weighted by Crippen LogP contribution is -2.11. The number of amides is 1. The van der Waals surface area contributed by atoms with E-state index in [1.165, 1.54) is 12.1 Å². The van der Waals surface area contributed by atoms with Gasteiger partial charge >= 0.3 is 0 Å². The third-order valence-corrected chi connectivity index (χ3v) is 1.91. The van der Waals surface area contributed by atoms with E-state index in [1.807, 2.05) is 18.2 Å². The molecule has 0 aliphatic carbocycles. The average Bonchev–Trinajstić information content (AvgIpc) is 2.30. The summed E-state index contributed by atoms with van der Waals surface area (Å²) in [6, 6.07) is 13.7. The quantitative estimate of drug-likeness (QED) is 0.791. The van der Waals surface area contributed by atoms with Gasteiger partial charge in [-0.25, -0.2) is 0 Å². The van der Waals surface area contributed by atoms with Crippen molar-refractivity contribution in [1.82, 2.24) is 0 Å². The summed E-state index contributed by atoms with van der Waals surface area (Å²) < 4.78 is 15.3. The molecule has 2 heteroatoms. The molecule has 0 heterocycles. The molecule has 2 aromatic rings. The minimum atomic E-state index is -0.424. The Morgan fingerprint density at radius 1 is 1.00 bits per heavy atom. The fourth-order valence-corrected chi connectivity index (χ4v) is 1.20. The second-order valence-electron chi connectivity index (χ2n) is 3.01. The van der Waals surface area contributed by atoms with Gasteiger partial charge in [-0.15, -0.1) is 0 Å². The van der Waals surface area contributed by atoms with E-state index in [1.54, 1.807) is 18.2 Å². The summed E-state index contributed by atoms with van der Waals surface area (Å²) in [5.74, 6) is -0.424. The second kappa shape index (κ2) is 4.42. The Bertz CT molecular complexity index is 520. The Labute approximate surface area is 91.4 Å². The zero-order chi connectivity index (χ0) is 12.3. The Morgan fingerprint density at radius 3 is 2.27 bits per heavy atom. The summed E-state index contributed by atoms with van der Waals surface area (Å²) in [5, 5.41) is 2.66. The number of hydrogen-bond donors (Lipinski definition) is 1. The van der Waals surface area contributed by atoms with Crippen LogP contribution in [0.2, 0.25) is 0 Å². The molecule has 0 aliphatic rings. The van der Waals surface area contributed by atoms with Gasteiger partial charge in [0.25, 0.3) is 5.91 Å². The van der Waals surface area contributed by atoms with Crippen molar-refractivity contribution >= 4 is 11.6 Å². The van der Waals surface area contributed by atoms with E-state index in [2.05, 4.69) is 5.32 Å². The summed E-state index contributed by atoms with van der Waals surface area (Å²) in [7, 11) is 0. The standard InChI is InChI=1S/C13H11NO/c15-13(11-7-3-1-4-8-11)14-12-9-5-2-6-10-12/h1-10H,(H,14,15)/i7D,8D. The average molecular weight is 199 g/mol. The molecule has 0 atom stereocenters. The van der Waals surface area contributed by atoms with Crippen LogP contribution in [0.5, 0.6) is 0 Å². The van der Waals surface area contributed by atoms with E-state index in [0.29, 0.717) is 5.69 Å². The van der Waals surface area contributed by atoms with Crippen LogP contribution in [0.4, 0.5) is 5.69 Å². The molecule has 0 radical (unpaired) electrons. The van der Waals surface area contributed by atoms with E-state index >= 15 is 0 Å². The first-order valence-corrected chi connectivity index (χ1v) is 4.61. The van der Waals surface area contributed by atoms with Crippen LogP contribution < -0.4 is 5.32 Å². The minimum absolute atomic E-state index is 0.0610. The maximum atomic E-state index is 11.9. The van der Waals surface area contributed by atoms with Gasteiger partial charge in [-0.05, 0) is 24.2 Å². The maximum absolute atomic E-state index is 11.9. The van der Waals surface area contributed by atoms with Crippen LogP contribution in [-0.2, 0) is 0 Å². The fourth-order valence-electron chi connectivity index (χ4n) is 1.20. The normalized spacial score (nSPS) is 11.5. The molecule has 0 aliphatic heterocycles. The SMILES string of the molecule is [2H]c1cccc([2H])c1C(=O)Nc1ccccc1. The van der Waals surface area contributed by atoms with E-state index in [9.17, 15) is 4.79 Å². The number of carbonyl (C=O) groups is 1. The number of hydrogen-bond acceptors (Lipinski definition) is 1. The predicted octanol–water partition coefficient (Wildman–Crippen LogP) is 2.94. The lowest BCUT2D eigenvalue weighted by Gasteiger charge is -2.03. The molecule has 2 aromatic carbocycles. The fraction of sp³-hybridized carbons (Fsp3) is 0. The highest BCUT2D eigenvalue weighted by atomic mass is 16.1. The molecule has 1 amide bonds. The van der Waals surface area contributed by atoms with E-state index in [0.717, 1.165) is 0 Å². The van der Waals surface area contributed by atoms with Gasteiger partial charge in [0, 0.05) is 11.3 Å². The van der Waals surface area contributed by atoms with Gasteiger partial charge in [0.1, 0.15) is 0 Å². The highest BCUT2D eigenvalue weighted by Gasteiger charge is 2.03. The minimum Gasteiger partial charge on any atom is -0.322 e. The summed E-state index contributed by atoms with van der Waals surface area (Å²) in [6.07, 6.45) is 0. The van der Waals surface area contributed by atoms with Crippen LogP contribution in [0.15, 0.2) is 60.6 Å². The van der Waals surface area contributed by atoms with Crippen molar-refractivity contribution < 1.29 is 7.54 Å². The molecule has 0 spiro atoms. The van der Waals surface area contributed by atoms with Gasteiger partial charge in [0.15, 0.2) is 0 Å². The van der Waals surface area contributed by atoms with Gasteiger partial charge in [-0.2, -0.15) is 0 Å². The highest BCUT2D eigenvalue weighted by molar-refractivity contribution is 6.04. The molecule has 1 N–H and O–H groups in total. The third-order valence-electron chi connectivity index (χ3n) is 1.91. The molecule has 2 nitrogen and oxygen atoms in total. The summed E-state index contributed by atoms with van der Waals surface area (Å²) in [6.45, 7) is 0.